The topological polar surface area (TPSA) is 63.7 Å². The molecule has 4 atom stereocenters. The second kappa shape index (κ2) is 5.94. The van der Waals surface area contributed by atoms with Crippen molar-refractivity contribution in [1.82, 2.24) is 0 Å². The van der Waals surface area contributed by atoms with Gasteiger partial charge in [-0.3, -0.25) is 9.59 Å². The monoisotopic (exact) mass is 351 g/mol. The summed E-state index contributed by atoms with van der Waals surface area (Å²) in [4.78, 5) is 39.1. The van der Waals surface area contributed by atoms with Gasteiger partial charge in [0.15, 0.2) is 0 Å². The van der Waals surface area contributed by atoms with E-state index in [1.54, 1.807) is 31.2 Å². The summed E-state index contributed by atoms with van der Waals surface area (Å²) < 4.78 is 4.97. The van der Waals surface area contributed by atoms with Gasteiger partial charge in [0.1, 0.15) is 0 Å². The van der Waals surface area contributed by atoms with E-state index in [9.17, 15) is 14.4 Å². The minimum atomic E-state index is -0.412. The van der Waals surface area contributed by atoms with Crippen LogP contribution in [-0.2, 0) is 14.3 Å². The van der Waals surface area contributed by atoms with Crippen molar-refractivity contribution >= 4 is 23.5 Å². The molecule has 5 heteroatoms. The van der Waals surface area contributed by atoms with Crippen molar-refractivity contribution < 1.29 is 19.1 Å². The summed E-state index contributed by atoms with van der Waals surface area (Å²) in [5.41, 5.74) is 3.35. The van der Waals surface area contributed by atoms with Crippen LogP contribution >= 0.6 is 0 Å². The lowest BCUT2D eigenvalue weighted by molar-refractivity contribution is -0.122. The molecule has 4 rings (SSSR count). The summed E-state index contributed by atoms with van der Waals surface area (Å²) in [6, 6.07) is 6.47. The molecule has 0 radical (unpaired) electrons. The summed E-state index contributed by atoms with van der Waals surface area (Å²) >= 11 is 0. The van der Waals surface area contributed by atoms with E-state index in [0.29, 0.717) is 17.9 Å². The van der Waals surface area contributed by atoms with Crippen molar-refractivity contribution in [3.05, 3.63) is 53.1 Å². The van der Waals surface area contributed by atoms with Gasteiger partial charge in [0.25, 0.3) is 0 Å². The number of amides is 2. The molecule has 1 saturated heterocycles. The average Bonchev–Trinajstić information content (AvgIpc) is 3.25. The van der Waals surface area contributed by atoms with Crippen molar-refractivity contribution in [2.45, 2.75) is 20.8 Å². The molecule has 0 N–H and O–H groups in total. The maximum atomic E-state index is 13.0. The summed E-state index contributed by atoms with van der Waals surface area (Å²) in [6.45, 7) is 6.14. The highest BCUT2D eigenvalue weighted by Gasteiger charge is 2.61. The van der Waals surface area contributed by atoms with Crippen LogP contribution in [-0.4, -0.2) is 24.4 Å². The van der Waals surface area contributed by atoms with E-state index in [1.165, 1.54) is 16.0 Å². The maximum absolute atomic E-state index is 13.0. The zero-order valence-corrected chi connectivity index (χ0v) is 15.1. The molecule has 3 aliphatic rings. The normalized spacial score (nSPS) is 28.7. The number of carbonyl (C=O) groups excluding carboxylic acids is 3. The van der Waals surface area contributed by atoms with E-state index >= 15 is 0 Å². The number of carbonyl (C=O) groups is 3. The van der Waals surface area contributed by atoms with Crippen LogP contribution < -0.4 is 4.90 Å². The van der Waals surface area contributed by atoms with Crippen LogP contribution in [0.15, 0.2) is 47.6 Å². The van der Waals surface area contributed by atoms with Crippen molar-refractivity contribution in [1.29, 1.82) is 0 Å². The second-order valence-corrected chi connectivity index (χ2v) is 7.22. The van der Waals surface area contributed by atoms with Gasteiger partial charge in [-0.25, -0.2) is 9.69 Å². The molecule has 2 fully saturated rings. The van der Waals surface area contributed by atoms with Gasteiger partial charge in [0.05, 0.1) is 29.7 Å². The third-order valence-electron chi connectivity index (χ3n) is 5.63. The van der Waals surface area contributed by atoms with Crippen LogP contribution in [0.2, 0.25) is 0 Å². The number of fused-ring (bicyclic) bond motifs is 5. The van der Waals surface area contributed by atoms with Crippen LogP contribution in [0.5, 0.6) is 0 Å². The highest BCUT2D eigenvalue weighted by molar-refractivity contribution is 6.23. The summed E-state index contributed by atoms with van der Waals surface area (Å²) in [7, 11) is 0. The van der Waals surface area contributed by atoms with Crippen molar-refractivity contribution in [2.24, 2.45) is 23.7 Å². The third-order valence-corrected chi connectivity index (χ3v) is 5.63. The molecule has 134 valence electrons. The van der Waals surface area contributed by atoms with E-state index in [4.69, 9.17) is 4.74 Å². The van der Waals surface area contributed by atoms with Crippen LogP contribution in [0.4, 0.5) is 5.69 Å². The first kappa shape index (κ1) is 16.8. The molecule has 0 unspecified atom stereocenters. The molecular weight excluding hydrogens is 330 g/mol. The Morgan fingerprint density at radius 1 is 1.00 bits per heavy atom. The molecule has 26 heavy (non-hydrogen) atoms. The number of nitrogens with zero attached hydrogens (tertiary/aromatic N) is 1. The molecule has 2 aliphatic carbocycles. The van der Waals surface area contributed by atoms with Crippen molar-refractivity contribution in [3.63, 3.8) is 0 Å². The smallest absolute Gasteiger partial charge is 0.338 e. The number of imide groups is 1. The highest BCUT2D eigenvalue weighted by Crippen LogP contribution is 2.57. The van der Waals surface area contributed by atoms with E-state index in [-0.39, 0.29) is 35.5 Å². The van der Waals surface area contributed by atoms with Gasteiger partial charge in [0.2, 0.25) is 11.8 Å². The molecule has 2 bridgehead atoms. The lowest BCUT2D eigenvalue weighted by Gasteiger charge is -2.19. The highest BCUT2D eigenvalue weighted by atomic mass is 16.5. The Balaban J connectivity index is 1.64. The number of esters is 1. The largest absolute Gasteiger partial charge is 0.462 e. The van der Waals surface area contributed by atoms with Gasteiger partial charge in [-0.05, 0) is 45.0 Å². The predicted molar refractivity (Wildman–Crippen MR) is 96.4 cm³/mol. The molecule has 0 aromatic heterocycles. The van der Waals surface area contributed by atoms with Gasteiger partial charge < -0.3 is 4.74 Å². The fraction of sp³-hybridized carbons (Fsp3) is 0.381. The molecule has 1 saturated carbocycles. The Bertz CT molecular complexity index is 827. The lowest BCUT2D eigenvalue weighted by Crippen LogP contribution is -2.33. The minimum Gasteiger partial charge on any atom is -0.462 e. The van der Waals surface area contributed by atoms with E-state index in [1.807, 2.05) is 13.8 Å². The number of ether oxygens (including phenoxy) is 1. The first-order chi connectivity index (χ1) is 12.5. The minimum absolute atomic E-state index is 0.0373. The summed E-state index contributed by atoms with van der Waals surface area (Å²) in [5, 5.41) is 0. The Morgan fingerprint density at radius 3 is 2.00 bits per heavy atom. The SMILES string of the molecule is CCOC(=O)c1ccc(N2C(=O)[C@H]3[C@H](C2=O)[C@H]2C=C[C@H]3C2=C(C)C)cc1. The maximum Gasteiger partial charge on any atom is 0.338 e. The van der Waals surface area contributed by atoms with Gasteiger partial charge in [0, 0.05) is 11.8 Å². The van der Waals surface area contributed by atoms with Gasteiger partial charge in [-0.15, -0.1) is 0 Å². The van der Waals surface area contributed by atoms with Crippen LogP contribution in [0, 0.1) is 23.7 Å². The number of rotatable bonds is 3. The van der Waals surface area contributed by atoms with Gasteiger partial charge >= 0.3 is 5.97 Å². The zero-order chi connectivity index (χ0) is 18.6. The lowest BCUT2D eigenvalue weighted by atomic mass is 9.85. The number of allylic oxidation sites excluding steroid dienone is 4. The first-order valence-electron chi connectivity index (χ1n) is 8.96. The zero-order valence-electron chi connectivity index (χ0n) is 15.1. The standard InChI is InChI=1S/C21H21NO4/c1-4-26-21(25)12-5-7-13(8-6-12)22-19(23)17-14-9-10-15(16(14)11(2)3)18(17)20(22)24/h5-10,14-15,17-18H,4H2,1-3H3/t14-,15-,17+,18+/m0/s1. The Hall–Kier alpha value is -2.69. The Kier molecular flexibility index (Phi) is 3.83. The summed E-state index contributed by atoms with van der Waals surface area (Å²) in [5.74, 6) is -1.21. The molecule has 1 aliphatic heterocycles. The quantitative estimate of drug-likeness (QED) is 0.477. The van der Waals surface area contributed by atoms with Gasteiger partial charge in [-0.2, -0.15) is 0 Å². The third kappa shape index (κ3) is 2.19. The first-order valence-corrected chi connectivity index (χ1v) is 8.96. The predicted octanol–water partition coefficient (Wildman–Crippen LogP) is 3.12. The molecule has 1 aromatic carbocycles. The van der Waals surface area contributed by atoms with Crippen LogP contribution in [0.25, 0.3) is 0 Å². The number of anilines is 1. The van der Waals surface area contributed by atoms with E-state index in [0.717, 1.165) is 0 Å². The Labute approximate surface area is 152 Å². The van der Waals surface area contributed by atoms with Crippen LogP contribution in [0.3, 0.4) is 0 Å². The summed E-state index contributed by atoms with van der Waals surface area (Å²) in [6.07, 6.45) is 4.15. The number of hydrogen-bond donors (Lipinski definition) is 0. The number of hydrogen-bond acceptors (Lipinski definition) is 4. The molecule has 2 amide bonds. The van der Waals surface area contributed by atoms with E-state index in [2.05, 4.69) is 12.2 Å². The van der Waals surface area contributed by atoms with Crippen molar-refractivity contribution in [3.8, 4) is 0 Å². The van der Waals surface area contributed by atoms with E-state index < -0.39 is 5.97 Å². The molecule has 0 spiro atoms. The number of benzene rings is 1. The van der Waals surface area contributed by atoms with Gasteiger partial charge in [-0.1, -0.05) is 23.3 Å². The fourth-order valence-corrected chi connectivity index (χ4v) is 4.65. The average molecular weight is 351 g/mol. The van der Waals surface area contributed by atoms with Crippen LogP contribution in [0.1, 0.15) is 31.1 Å². The Morgan fingerprint density at radius 2 is 1.54 bits per heavy atom. The van der Waals surface area contributed by atoms with Crippen molar-refractivity contribution in [2.75, 3.05) is 11.5 Å². The molecule has 1 aromatic rings. The molecule has 5 nitrogen and oxygen atoms in total. The fourth-order valence-electron chi connectivity index (χ4n) is 4.65. The second-order valence-electron chi connectivity index (χ2n) is 7.22. The molecular formula is C21H21NO4. The molecule has 1 heterocycles.